The third-order valence-corrected chi connectivity index (χ3v) is 3.78. The van der Waals surface area contributed by atoms with Gasteiger partial charge in [-0.2, -0.15) is 0 Å². The zero-order valence-electron chi connectivity index (χ0n) is 12.9. The topological polar surface area (TPSA) is 93.1 Å². The average molecular weight is 314 g/mol. The molecule has 0 amide bonds. The van der Waals surface area contributed by atoms with E-state index >= 15 is 0 Å². The van der Waals surface area contributed by atoms with E-state index in [1.165, 1.54) is 0 Å². The Morgan fingerprint density at radius 2 is 1.68 bits per heavy atom. The van der Waals surface area contributed by atoms with E-state index in [1.807, 2.05) is 0 Å². The van der Waals surface area contributed by atoms with Gasteiger partial charge in [0.2, 0.25) is 0 Å². The van der Waals surface area contributed by atoms with Gasteiger partial charge in [-0.3, -0.25) is 4.79 Å². The van der Waals surface area contributed by atoms with Crippen LogP contribution in [0.4, 0.5) is 0 Å². The third kappa shape index (κ3) is 7.04. The largest absolute Gasteiger partial charge is 0.465 e. The van der Waals surface area contributed by atoms with Gasteiger partial charge < -0.3 is 19.7 Å². The fourth-order valence-electron chi connectivity index (χ4n) is 2.45. The molecule has 6 nitrogen and oxygen atoms in total. The standard InChI is InChI=1S/C16H26O6/c1-2-15(19)21-9-5-3-4-6-10-22-16(20)13-11-12(17)7-8-14(13)18/h2,12-14,17-18H,1,3-11H2. The number of hydrogen-bond donors (Lipinski definition) is 2. The third-order valence-electron chi connectivity index (χ3n) is 3.78. The lowest BCUT2D eigenvalue weighted by atomic mass is 9.85. The summed E-state index contributed by atoms with van der Waals surface area (Å²) in [6.07, 6.45) is 4.38. The SMILES string of the molecule is C=CC(=O)OCCCCCCOC(=O)C1CC(O)CCC1O. The van der Waals surface area contributed by atoms with E-state index in [9.17, 15) is 19.8 Å². The minimum absolute atomic E-state index is 0.272. The summed E-state index contributed by atoms with van der Waals surface area (Å²) in [7, 11) is 0. The number of carbonyl (C=O) groups is 2. The fraction of sp³-hybridized carbons (Fsp3) is 0.750. The maximum atomic E-state index is 11.8. The Labute approximate surface area is 131 Å². The lowest BCUT2D eigenvalue weighted by molar-refractivity contribution is -0.156. The van der Waals surface area contributed by atoms with Crippen LogP contribution in [0.5, 0.6) is 0 Å². The van der Waals surface area contributed by atoms with E-state index in [0.29, 0.717) is 26.1 Å². The summed E-state index contributed by atoms with van der Waals surface area (Å²) in [5, 5.41) is 19.3. The van der Waals surface area contributed by atoms with Crippen molar-refractivity contribution in [3.8, 4) is 0 Å². The molecule has 0 aromatic carbocycles. The monoisotopic (exact) mass is 314 g/mol. The highest BCUT2D eigenvalue weighted by atomic mass is 16.5. The van der Waals surface area contributed by atoms with Crippen molar-refractivity contribution in [3.63, 3.8) is 0 Å². The number of aliphatic hydroxyl groups is 2. The summed E-state index contributed by atoms with van der Waals surface area (Å²) < 4.78 is 10.00. The molecule has 0 aliphatic heterocycles. The number of hydrogen-bond acceptors (Lipinski definition) is 6. The van der Waals surface area contributed by atoms with Crippen LogP contribution in [0.1, 0.15) is 44.9 Å². The Kier molecular flexibility index (Phi) is 8.77. The maximum Gasteiger partial charge on any atom is 0.330 e. The highest BCUT2D eigenvalue weighted by Gasteiger charge is 2.34. The Hall–Kier alpha value is -1.40. The summed E-state index contributed by atoms with van der Waals surface area (Å²) in [6.45, 7) is 3.99. The van der Waals surface area contributed by atoms with Crippen molar-refractivity contribution >= 4 is 11.9 Å². The predicted molar refractivity (Wildman–Crippen MR) is 79.9 cm³/mol. The first kappa shape index (κ1) is 18.6. The highest BCUT2D eigenvalue weighted by Crippen LogP contribution is 2.26. The van der Waals surface area contributed by atoms with Crippen LogP contribution in [0, 0.1) is 5.92 Å². The first-order valence-electron chi connectivity index (χ1n) is 7.86. The predicted octanol–water partition coefficient (Wildman–Crippen LogP) is 1.34. The molecule has 3 atom stereocenters. The molecule has 0 aromatic rings. The van der Waals surface area contributed by atoms with Crippen LogP contribution < -0.4 is 0 Å². The smallest absolute Gasteiger partial charge is 0.330 e. The van der Waals surface area contributed by atoms with Crippen molar-refractivity contribution in [2.24, 2.45) is 5.92 Å². The lowest BCUT2D eigenvalue weighted by Crippen LogP contribution is -2.37. The van der Waals surface area contributed by atoms with Crippen LogP contribution in [0.2, 0.25) is 0 Å². The molecule has 0 heterocycles. The van der Waals surface area contributed by atoms with Gasteiger partial charge in [0, 0.05) is 6.08 Å². The van der Waals surface area contributed by atoms with Gasteiger partial charge in [-0.25, -0.2) is 4.79 Å². The highest BCUT2D eigenvalue weighted by molar-refractivity contribution is 5.81. The number of rotatable bonds is 9. The van der Waals surface area contributed by atoms with Crippen molar-refractivity contribution in [2.45, 2.75) is 57.2 Å². The number of unbranched alkanes of at least 4 members (excludes halogenated alkanes) is 3. The summed E-state index contributed by atoms with van der Waals surface area (Å²) in [5.41, 5.74) is 0. The molecule has 2 N–H and O–H groups in total. The van der Waals surface area contributed by atoms with Gasteiger partial charge in [-0.1, -0.05) is 6.58 Å². The lowest BCUT2D eigenvalue weighted by Gasteiger charge is -2.29. The first-order valence-corrected chi connectivity index (χ1v) is 7.86. The van der Waals surface area contributed by atoms with E-state index in [1.54, 1.807) is 0 Å². The van der Waals surface area contributed by atoms with Gasteiger partial charge >= 0.3 is 11.9 Å². The zero-order chi connectivity index (χ0) is 16.4. The van der Waals surface area contributed by atoms with Crippen molar-refractivity contribution in [1.29, 1.82) is 0 Å². The van der Waals surface area contributed by atoms with Crippen LogP contribution >= 0.6 is 0 Å². The van der Waals surface area contributed by atoms with Crippen molar-refractivity contribution in [1.82, 2.24) is 0 Å². The Bertz CT molecular complexity index is 368. The summed E-state index contributed by atoms with van der Waals surface area (Å²) in [5.74, 6) is -1.45. The van der Waals surface area contributed by atoms with Gasteiger partial charge in [0.25, 0.3) is 0 Å². The Morgan fingerprint density at radius 1 is 1.05 bits per heavy atom. The van der Waals surface area contributed by atoms with Crippen LogP contribution in [-0.4, -0.2) is 47.6 Å². The van der Waals surface area contributed by atoms with Crippen LogP contribution in [-0.2, 0) is 19.1 Å². The molecule has 0 saturated heterocycles. The van der Waals surface area contributed by atoms with Crippen molar-refractivity contribution in [3.05, 3.63) is 12.7 Å². The van der Waals surface area contributed by atoms with Gasteiger partial charge in [0.15, 0.2) is 0 Å². The Balaban J connectivity index is 2.03. The van der Waals surface area contributed by atoms with Gasteiger partial charge in [-0.15, -0.1) is 0 Å². The minimum atomic E-state index is -0.713. The van der Waals surface area contributed by atoms with E-state index in [4.69, 9.17) is 9.47 Å². The van der Waals surface area contributed by atoms with Gasteiger partial charge in [0.05, 0.1) is 31.3 Å². The number of aliphatic hydroxyl groups excluding tert-OH is 2. The number of esters is 2. The summed E-state index contributed by atoms with van der Waals surface area (Å²) in [6, 6.07) is 0. The molecular formula is C16H26O6. The molecule has 0 bridgehead atoms. The molecule has 3 unspecified atom stereocenters. The summed E-state index contributed by atoms with van der Waals surface area (Å²) >= 11 is 0. The van der Waals surface area contributed by atoms with Crippen LogP contribution in [0.25, 0.3) is 0 Å². The maximum absolute atomic E-state index is 11.8. The van der Waals surface area contributed by atoms with E-state index < -0.39 is 30.1 Å². The molecule has 1 aliphatic rings. The molecule has 126 valence electrons. The molecular weight excluding hydrogens is 288 g/mol. The quantitative estimate of drug-likeness (QED) is 0.379. The second kappa shape index (κ2) is 10.3. The van der Waals surface area contributed by atoms with Crippen LogP contribution in [0.15, 0.2) is 12.7 Å². The second-order valence-electron chi connectivity index (χ2n) is 5.59. The molecule has 1 saturated carbocycles. The van der Waals surface area contributed by atoms with Gasteiger partial charge in [-0.05, 0) is 44.9 Å². The minimum Gasteiger partial charge on any atom is -0.465 e. The normalized spacial score (nSPS) is 24.5. The second-order valence-corrected chi connectivity index (χ2v) is 5.59. The molecule has 1 aliphatic carbocycles. The average Bonchev–Trinajstić information content (AvgIpc) is 2.51. The molecule has 1 fully saturated rings. The van der Waals surface area contributed by atoms with Gasteiger partial charge in [0.1, 0.15) is 0 Å². The van der Waals surface area contributed by atoms with E-state index in [0.717, 1.165) is 31.8 Å². The molecule has 0 spiro atoms. The molecule has 0 aromatic heterocycles. The Morgan fingerprint density at radius 3 is 2.32 bits per heavy atom. The fourth-order valence-corrected chi connectivity index (χ4v) is 2.45. The van der Waals surface area contributed by atoms with Crippen LogP contribution in [0.3, 0.4) is 0 Å². The number of ether oxygens (including phenoxy) is 2. The zero-order valence-corrected chi connectivity index (χ0v) is 12.9. The first-order chi connectivity index (χ1) is 10.5. The molecule has 22 heavy (non-hydrogen) atoms. The number of carbonyl (C=O) groups excluding carboxylic acids is 2. The molecule has 1 rings (SSSR count). The van der Waals surface area contributed by atoms with E-state index in [2.05, 4.69) is 6.58 Å². The van der Waals surface area contributed by atoms with E-state index in [-0.39, 0.29) is 6.42 Å². The van der Waals surface area contributed by atoms with Crippen molar-refractivity contribution < 1.29 is 29.3 Å². The molecule has 6 heteroatoms. The van der Waals surface area contributed by atoms with Crippen molar-refractivity contribution in [2.75, 3.05) is 13.2 Å². The molecule has 0 radical (unpaired) electrons. The summed E-state index contributed by atoms with van der Waals surface area (Å²) in [4.78, 5) is 22.6.